The third-order valence-electron chi connectivity index (χ3n) is 3.55. The van der Waals surface area contributed by atoms with Gasteiger partial charge >= 0.3 is 0 Å². The molecule has 2 heterocycles. The molecule has 0 atom stereocenters. The zero-order valence-electron chi connectivity index (χ0n) is 13.7. The maximum Gasteiger partial charge on any atom is 0.292 e. The summed E-state index contributed by atoms with van der Waals surface area (Å²) in [7, 11) is 0. The van der Waals surface area contributed by atoms with Crippen LogP contribution in [0, 0.1) is 10.1 Å². The Morgan fingerprint density at radius 2 is 2.15 bits per heavy atom. The van der Waals surface area contributed by atoms with Gasteiger partial charge in [0, 0.05) is 12.6 Å². The molecule has 2 aromatic heterocycles. The van der Waals surface area contributed by atoms with Crippen molar-refractivity contribution in [1.29, 1.82) is 0 Å². The Bertz CT molecular complexity index is 1040. The van der Waals surface area contributed by atoms with Crippen LogP contribution in [0.2, 0.25) is 0 Å². The van der Waals surface area contributed by atoms with Gasteiger partial charge in [0.15, 0.2) is 5.16 Å². The largest absolute Gasteiger partial charge is 0.320 e. The minimum absolute atomic E-state index is 0.0197. The van der Waals surface area contributed by atoms with E-state index < -0.39 is 10.8 Å². The molecule has 8 nitrogen and oxygen atoms in total. The third-order valence-corrected chi connectivity index (χ3v) is 5.42. The summed E-state index contributed by atoms with van der Waals surface area (Å²) in [5.41, 5.74) is 0.437. The average molecular weight is 390 g/mol. The van der Waals surface area contributed by atoms with Crippen molar-refractivity contribution in [3.8, 4) is 0 Å². The van der Waals surface area contributed by atoms with E-state index >= 15 is 0 Å². The number of amides is 1. The molecule has 3 aromatic rings. The van der Waals surface area contributed by atoms with Crippen molar-refractivity contribution in [3.63, 3.8) is 0 Å². The van der Waals surface area contributed by atoms with Gasteiger partial charge in [-0.2, -0.15) is 0 Å². The number of nitro groups is 1. The van der Waals surface area contributed by atoms with Gasteiger partial charge < -0.3 is 5.32 Å². The number of benzene rings is 1. The molecule has 0 aliphatic rings. The van der Waals surface area contributed by atoms with Gasteiger partial charge in [0.25, 0.3) is 11.2 Å². The molecule has 0 bridgehead atoms. The van der Waals surface area contributed by atoms with E-state index in [0.717, 1.165) is 11.8 Å². The Hall–Kier alpha value is -2.72. The fourth-order valence-corrected chi connectivity index (χ4v) is 4.01. The van der Waals surface area contributed by atoms with Crippen LogP contribution < -0.4 is 10.9 Å². The monoisotopic (exact) mass is 390 g/mol. The number of para-hydroxylation sites is 2. The third kappa shape index (κ3) is 3.60. The highest BCUT2D eigenvalue weighted by atomic mass is 32.2. The quantitative estimate of drug-likeness (QED) is 0.300. The number of anilines is 1. The van der Waals surface area contributed by atoms with Crippen LogP contribution in [0.4, 0.5) is 11.4 Å². The van der Waals surface area contributed by atoms with Crippen LogP contribution in [0.1, 0.15) is 6.92 Å². The summed E-state index contributed by atoms with van der Waals surface area (Å²) < 4.78 is 2.10. The highest BCUT2D eigenvalue weighted by Gasteiger charge is 2.16. The van der Waals surface area contributed by atoms with Crippen LogP contribution >= 0.6 is 23.1 Å². The van der Waals surface area contributed by atoms with Crippen molar-refractivity contribution in [3.05, 3.63) is 56.2 Å². The lowest BCUT2D eigenvalue weighted by Gasteiger charge is -2.10. The SMILES string of the molecule is CCn1c(SCC(=O)Nc2ccccc2[N+](=O)[O-])nc2ccsc2c1=O. The fraction of sp³-hybridized carbons (Fsp3) is 0.188. The molecule has 0 saturated carbocycles. The molecule has 0 unspecified atom stereocenters. The first-order valence-electron chi connectivity index (χ1n) is 7.65. The van der Waals surface area contributed by atoms with Gasteiger partial charge in [-0.25, -0.2) is 4.98 Å². The molecule has 0 spiro atoms. The second-order valence-corrected chi connectivity index (χ2v) is 7.05. The Labute approximate surface area is 156 Å². The average Bonchev–Trinajstić information content (AvgIpc) is 3.09. The number of fused-ring (bicyclic) bond motifs is 1. The lowest BCUT2D eigenvalue weighted by molar-refractivity contribution is -0.383. The topological polar surface area (TPSA) is 107 Å². The second kappa shape index (κ2) is 7.67. The van der Waals surface area contributed by atoms with Gasteiger partial charge in [0.2, 0.25) is 5.91 Å². The molecular formula is C16H14N4O4S2. The van der Waals surface area contributed by atoms with Gasteiger partial charge in [-0.05, 0) is 24.4 Å². The van der Waals surface area contributed by atoms with Crippen molar-refractivity contribution in [2.45, 2.75) is 18.6 Å². The standard InChI is InChI=1S/C16H14N4O4S2/c1-2-19-15(22)14-11(7-8-25-14)18-16(19)26-9-13(21)17-10-5-3-4-6-12(10)20(23)24/h3-8H,2,9H2,1H3,(H,17,21). The predicted octanol–water partition coefficient (Wildman–Crippen LogP) is 3.12. The predicted molar refractivity (Wildman–Crippen MR) is 102 cm³/mol. The van der Waals surface area contributed by atoms with E-state index in [4.69, 9.17) is 0 Å². The molecular weight excluding hydrogens is 376 g/mol. The molecule has 1 N–H and O–H groups in total. The number of aromatic nitrogens is 2. The number of hydrogen-bond acceptors (Lipinski definition) is 7. The number of nitro benzene ring substituents is 1. The van der Waals surface area contributed by atoms with Gasteiger partial charge in [-0.1, -0.05) is 23.9 Å². The summed E-state index contributed by atoms with van der Waals surface area (Å²) in [5.74, 6) is -0.430. The van der Waals surface area contributed by atoms with Gasteiger partial charge in [0.05, 0.1) is 16.2 Å². The first-order valence-corrected chi connectivity index (χ1v) is 9.52. The number of thiophene rings is 1. The van der Waals surface area contributed by atoms with Crippen molar-refractivity contribution < 1.29 is 9.72 Å². The first kappa shape index (κ1) is 18.1. The summed E-state index contributed by atoms with van der Waals surface area (Å²) >= 11 is 2.45. The minimum atomic E-state index is -0.552. The lowest BCUT2D eigenvalue weighted by atomic mass is 10.2. The Morgan fingerprint density at radius 3 is 2.88 bits per heavy atom. The molecule has 26 heavy (non-hydrogen) atoms. The molecule has 0 fully saturated rings. The van der Waals surface area contributed by atoms with Gasteiger partial charge in [0.1, 0.15) is 10.4 Å². The van der Waals surface area contributed by atoms with E-state index in [2.05, 4.69) is 10.3 Å². The van der Waals surface area contributed by atoms with Crippen molar-refractivity contribution >= 4 is 50.6 Å². The van der Waals surface area contributed by atoms with E-state index in [9.17, 15) is 19.7 Å². The highest BCUT2D eigenvalue weighted by Crippen LogP contribution is 2.24. The number of nitrogens with zero attached hydrogens (tertiary/aromatic N) is 3. The number of thioether (sulfide) groups is 1. The lowest BCUT2D eigenvalue weighted by Crippen LogP contribution is -2.22. The van der Waals surface area contributed by atoms with Crippen molar-refractivity contribution in [2.75, 3.05) is 11.1 Å². The Morgan fingerprint density at radius 1 is 1.38 bits per heavy atom. The second-order valence-electron chi connectivity index (χ2n) is 5.19. The maximum atomic E-state index is 12.4. The summed E-state index contributed by atoms with van der Waals surface area (Å²) in [6, 6.07) is 7.69. The first-order chi connectivity index (χ1) is 12.5. The molecule has 1 aromatic carbocycles. The summed E-state index contributed by atoms with van der Waals surface area (Å²) in [5, 5.41) is 15.8. The molecule has 134 valence electrons. The maximum absolute atomic E-state index is 12.4. The highest BCUT2D eigenvalue weighted by molar-refractivity contribution is 7.99. The number of carbonyl (C=O) groups is 1. The van der Waals surface area contributed by atoms with E-state index in [-0.39, 0.29) is 22.7 Å². The van der Waals surface area contributed by atoms with Gasteiger partial charge in [-0.3, -0.25) is 24.3 Å². The van der Waals surface area contributed by atoms with E-state index in [1.54, 1.807) is 17.5 Å². The minimum Gasteiger partial charge on any atom is -0.320 e. The van der Waals surface area contributed by atoms with Gasteiger partial charge in [-0.15, -0.1) is 11.3 Å². The smallest absolute Gasteiger partial charge is 0.292 e. The van der Waals surface area contributed by atoms with Crippen molar-refractivity contribution in [2.24, 2.45) is 0 Å². The summed E-state index contributed by atoms with van der Waals surface area (Å²) in [6.07, 6.45) is 0. The summed E-state index contributed by atoms with van der Waals surface area (Å²) in [4.78, 5) is 39.5. The molecule has 0 radical (unpaired) electrons. The zero-order chi connectivity index (χ0) is 18.7. The van der Waals surface area contributed by atoms with Crippen LogP contribution in [0.3, 0.4) is 0 Å². The molecule has 10 heteroatoms. The number of rotatable bonds is 6. The molecule has 0 saturated heterocycles. The Balaban J connectivity index is 1.77. The molecule has 3 rings (SSSR count). The normalized spacial score (nSPS) is 10.8. The zero-order valence-corrected chi connectivity index (χ0v) is 15.3. The van der Waals surface area contributed by atoms with E-state index in [1.165, 1.54) is 34.1 Å². The van der Waals surface area contributed by atoms with Crippen LogP contribution in [0.5, 0.6) is 0 Å². The van der Waals surface area contributed by atoms with Crippen LogP contribution in [0.15, 0.2) is 45.7 Å². The fourth-order valence-electron chi connectivity index (χ4n) is 2.37. The van der Waals surface area contributed by atoms with E-state index in [0.29, 0.717) is 21.9 Å². The number of nitrogens with one attached hydrogen (secondary N) is 1. The summed E-state index contributed by atoms with van der Waals surface area (Å²) in [6.45, 7) is 2.27. The van der Waals surface area contributed by atoms with Crippen LogP contribution in [-0.4, -0.2) is 26.1 Å². The van der Waals surface area contributed by atoms with Crippen LogP contribution in [-0.2, 0) is 11.3 Å². The van der Waals surface area contributed by atoms with Crippen LogP contribution in [0.25, 0.3) is 10.2 Å². The number of carbonyl (C=O) groups excluding carboxylic acids is 1. The Kier molecular flexibility index (Phi) is 5.33. The van der Waals surface area contributed by atoms with E-state index in [1.807, 2.05) is 6.92 Å². The number of hydrogen-bond donors (Lipinski definition) is 1. The molecule has 1 amide bonds. The molecule has 0 aliphatic heterocycles. The van der Waals surface area contributed by atoms with Crippen molar-refractivity contribution in [1.82, 2.24) is 9.55 Å². The molecule has 0 aliphatic carbocycles.